The Labute approximate surface area is 174 Å². The fourth-order valence-corrected chi connectivity index (χ4v) is 3.68. The van der Waals surface area contributed by atoms with E-state index in [-0.39, 0.29) is 0 Å². The highest BCUT2D eigenvalue weighted by molar-refractivity contribution is 5.80. The molecule has 156 valence electrons. The highest BCUT2D eigenvalue weighted by Crippen LogP contribution is 2.17. The topological polar surface area (TPSA) is 61.8 Å². The molecule has 0 amide bonds. The average molecular weight is 396 g/mol. The summed E-state index contributed by atoms with van der Waals surface area (Å²) in [5.74, 6) is 0.867. The molecule has 2 N–H and O–H groups in total. The smallest absolute Gasteiger partial charge is 0.191 e. The van der Waals surface area contributed by atoms with E-state index >= 15 is 0 Å². The molecule has 6 nitrogen and oxygen atoms in total. The molecule has 0 spiro atoms. The molecule has 0 radical (unpaired) electrons. The minimum absolute atomic E-state index is 0.472. The van der Waals surface area contributed by atoms with E-state index in [4.69, 9.17) is 4.74 Å². The monoisotopic (exact) mass is 395 g/mol. The van der Waals surface area contributed by atoms with E-state index in [1.807, 2.05) is 31.4 Å². The van der Waals surface area contributed by atoms with Gasteiger partial charge in [0.25, 0.3) is 0 Å². The second-order valence-corrected chi connectivity index (χ2v) is 7.45. The normalized spacial score (nSPS) is 16.0. The van der Waals surface area contributed by atoms with Crippen LogP contribution in [0.3, 0.4) is 0 Å². The van der Waals surface area contributed by atoms with E-state index in [0.717, 1.165) is 69.3 Å². The van der Waals surface area contributed by atoms with Gasteiger partial charge in [-0.2, -0.15) is 0 Å². The summed E-state index contributed by atoms with van der Waals surface area (Å²) in [6.45, 7) is 4.96. The van der Waals surface area contributed by atoms with Gasteiger partial charge in [0.15, 0.2) is 5.96 Å². The van der Waals surface area contributed by atoms with Crippen LogP contribution >= 0.6 is 0 Å². The van der Waals surface area contributed by atoms with Crippen LogP contribution in [0.2, 0.25) is 0 Å². The van der Waals surface area contributed by atoms with Crippen LogP contribution in [-0.4, -0.2) is 62.3 Å². The SMILES string of the molecule is CN=C(NCc1cccc(-c2ccccn2)c1)NC1CCN(CCCOC)CC1. The molecule has 2 aromatic rings. The molecule has 29 heavy (non-hydrogen) atoms. The van der Waals surface area contributed by atoms with Crippen molar-refractivity contribution in [2.45, 2.75) is 31.8 Å². The van der Waals surface area contributed by atoms with Crippen molar-refractivity contribution in [2.24, 2.45) is 4.99 Å². The van der Waals surface area contributed by atoms with Crippen molar-refractivity contribution >= 4 is 5.96 Å². The molecule has 1 saturated heterocycles. The van der Waals surface area contributed by atoms with Crippen molar-refractivity contribution in [1.82, 2.24) is 20.5 Å². The molecule has 0 atom stereocenters. The first kappa shape index (κ1) is 21.3. The summed E-state index contributed by atoms with van der Waals surface area (Å²) in [4.78, 5) is 11.4. The van der Waals surface area contributed by atoms with Crippen LogP contribution in [0.25, 0.3) is 11.3 Å². The number of aliphatic imine (C=N–C) groups is 1. The van der Waals surface area contributed by atoms with Gasteiger partial charge < -0.3 is 20.3 Å². The summed E-state index contributed by atoms with van der Waals surface area (Å²) in [5.41, 5.74) is 3.34. The Morgan fingerprint density at radius 3 is 2.79 bits per heavy atom. The third-order valence-corrected chi connectivity index (χ3v) is 5.32. The molecule has 1 aromatic heterocycles. The Hall–Kier alpha value is -2.44. The lowest BCUT2D eigenvalue weighted by Gasteiger charge is -2.33. The fourth-order valence-electron chi connectivity index (χ4n) is 3.68. The van der Waals surface area contributed by atoms with Gasteiger partial charge in [-0.3, -0.25) is 9.98 Å². The standard InChI is InChI=1S/C23H33N5O/c1-24-23(27-21-10-14-28(15-11-21)13-6-16-29-2)26-18-19-7-5-8-20(17-19)22-9-3-4-12-25-22/h3-5,7-9,12,17,21H,6,10-11,13-16,18H2,1-2H3,(H2,24,26,27). The summed E-state index contributed by atoms with van der Waals surface area (Å²) >= 11 is 0. The predicted molar refractivity (Wildman–Crippen MR) is 119 cm³/mol. The summed E-state index contributed by atoms with van der Waals surface area (Å²) in [7, 11) is 3.60. The highest BCUT2D eigenvalue weighted by atomic mass is 16.5. The number of likely N-dealkylation sites (tertiary alicyclic amines) is 1. The van der Waals surface area contributed by atoms with Crippen LogP contribution in [-0.2, 0) is 11.3 Å². The average Bonchev–Trinajstić information content (AvgIpc) is 2.78. The summed E-state index contributed by atoms with van der Waals surface area (Å²) in [5, 5.41) is 7.04. The van der Waals surface area contributed by atoms with Crippen molar-refractivity contribution in [3.63, 3.8) is 0 Å². The van der Waals surface area contributed by atoms with Crippen LogP contribution in [0.4, 0.5) is 0 Å². The Morgan fingerprint density at radius 2 is 2.07 bits per heavy atom. The number of methoxy groups -OCH3 is 1. The third-order valence-electron chi connectivity index (χ3n) is 5.32. The molecule has 3 rings (SSSR count). The predicted octanol–water partition coefficient (Wildman–Crippen LogP) is 2.91. The van der Waals surface area contributed by atoms with Gasteiger partial charge in [0.2, 0.25) is 0 Å². The summed E-state index contributed by atoms with van der Waals surface area (Å²) in [6, 6.07) is 15.0. The van der Waals surface area contributed by atoms with E-state index in [0.29, 0.717) is 6.04 Å². The van der Waals surface area contributed by atoms with Gasteiger partial charge in [0.1, 0.15) is 0 Å². The van der Waals surface area contributed by atoms with E-state index in [9.17, 15) is 0 Å². The van der Waals surface area contributed by atoms with Crippen LogP contribution in [0, 0.1) is 0 Å². The minimum atomic E-state index is 0.472. The molecule has 0 saturated carbocycles. The quantitative estimate of drug-likeness (QED) is 0.409. The fraction of sp³-hybridized carbons (Fsp3) is 0.478. The van der Waals surface area contributed by atoms with Gasteiger partial charge in [0, 0.05) is 64.7 Å². The summed E-state index contributed by atoms with van der Waals surface area (Å²) in [6.07, 6.45) is 5.22. The van der Waals surface area contributed by atoms with Gasteiger partial charge in [0.05, 0.1) is 5.69 Å². The maximum absolute atomic E-state index is 5.15. The molecule has 0 bridgehead atoms. The van der Waals surface area contributed by atoms with Crippen molar-refractivity contribution in [3.8, 4) is 11.3 Å². The molecule has 0 unspecified atom stereocenters. The lowest BCUT2D eigenvalue weighted by Crippen LogP contribution is -2.48. The number of rotatable bonds is 8. The minimum Gasteiger partial charge on any atom is -0.385 e. The molecule has 1 aliphatic rings. The van der Waals surface area contributed by atoms with Crippen molar-refractivity contribution in [3.05, 3.63) is 54.2 Å². The number of guanidine groups is 1. The van der Waals surface area contributed by atoms with Gasteiger partial charge in [-0.25, -0.2) is 0 Å². The molecule has 6 heteroatoms. The highest BCUT2D eigenvalue weighted by Gasteiger charge is 2.19. The third kappa shape index (κ3) is 6.84. The van der Waals surface area contributed by atoms with E-state index in [1.54, 1.807) is 7.11 Å². The van der Waals surface area contributed by atoms with Crippen LogP contribution in [0.5, 0.6) is 0 Å². The van der Waals surface area contributed by atoms with E-state index in [1.165, 1.54) is 5.56 Å². The van der Waals surface area contributed by atoms with Crippen LogP contribution in [0.1, 0.15) is 24.8 Å². The van der Waals surface area contributed by atoms with Crippen molar-refractivity contribution < 1.29 is 4.74 Å². The first-order chi connectivity index (χ1) is 14.3. The number of hydrogen-bond donors (Lipinski definition) is 2. The molecular formula is C23H33N5O. The number of benzene rings is 1. The molecule has 1 aliphatic heterocycles. The van der Waals surface area contributed by atoms with Gasteiger partial charge in [-0.1, -0.05) is 24.3 Å². The molecule has 0 aliphatic carbocycles. The Kier molecular flexibility index (Phi) is 8.46. The zero-order valence-corrected chi connectivity index (χ0v) is 17.6. The number of nitrogens with zero attached hydrogens (tertiary/aromatic N) is 3. The summed E-state index contributed by atoms with van der Waals surface area (Å²) < 4.78 is 5.15. The number of hydrogen-bond acceptors (Lipinski definition) is 4. The zero-order valence-electron chi connectivity index (χ0n) is 17.6. The van der Waals surface area contributed by atoms with Crippen molar-refractivity contribution in [2.75, 3.05) is 40.4 Å². The van der Waals surface area contributed by atoms with Gasteiger partial charge in [-0.15, -0.1) is 0 Å². The number of pyridine rings is 1. The lowest BCUT2D eigenvalue weighted by molar-refractivity contribution is 0.155. The Morgan fingerprint density at radius 1 is 1.21 bits per heavy atom. The Bertz CT molecular complexity index is 757. The second kappa shape index (κ2) is 11.5. The largest absolute Gasteiger partial charge is 0.385 e. The number of nitrogens with one attached hydrogen (secondary N) is 2. The van der Waals surface area contributed by atoms with E-state index < -0.39 is 0 Å². The van der Waals surface area contributed by atoms with Crippen LogP contribution < -0.4 is 10.6 Å². The maximum Gasteiger partial charge on any atom is 0.191 e. The first-order valence-corrected chi connectivity index (χ1v) is 10.5. The molecular weight excluding hydrogens is 362 g/mol. The second-order valence-electron chi connectivity index (χ2n) is 7.45. The number of aromatic nitrogens is 1. The molecule has 1 aromatic carbocycles. The van der Waals surface area contributed by atoms with Crippen LogP contribution in [0.15, 0.2) is 53.7 Å². The molecule has 2 heterocycles. The first-order valence-electron chi connectivity index (χ1n) is 10.5. The van der Waals surface area contributed by atoms with Gasteiger partial charge >= 0.3 is 0 Å². The van der Waals surface area contributed by atoms with E-state index in [2.05, 4.69) is 49.8 Å². The number of piperidine rings is 1. The van der Waals surface area contributed by atoms with Crippen molar-refractivity contribution in [1.29, 1.82) is 0 Å². The number of ether oxygens (including phenoxy) is 1. The Balaban J connectivity index is 1.46. The van der Waals surface area contributed by atoms with Gasteiger partial charge in [-0.05, 0) is 43.0 Å². The zero-order chi connectivity index (χ0) is 20.3. The molecule has 1 fully saturated rings. The maximum atomic E-state index is 5.15. The lowest BCUT2D eigenvalue weighted by atomic mass is 10.1.